The molecular weight excluding hydrogens is 534 g/mol. The van der Waals surface area contributed by atoms with Crippen molar-refractivity contribution >= 4 is 17.4 Å². The van der Waals surface area contributed by atoms with Crippen LogP contribution in [0.4, 0.5) is 5.69 Å². The Hall–Kier alpha value is -2.73. The van der Waals surface area contributed by atoms with Crippen LogP contribution in [0.2, 0.25) is 0 Å². The van der Waals surface area contributed by atoms with Crippen LogP contribution in [0.5, 0.6) is 0 Å². The highest BCUT2D eigenvalue weighted by atomic mass is 16.5. The number of hydrogen-bond donors (Lipinski definition) is 1. The molecule has 2 unspecified atom stereocenters. The zero-order valence-corrected chi connectivity index (χ0v) is 28.8. The molecule has 1 N–H and O–H groups in total. The highest BCUT2D eigenvalue weighted by Gasteiger charge is 2.38. The molecule has 0 spiro atoms. The first kappa shape index (κ1) is 36.5. The van der Waals surface area contributed by atoms with E-state index in [1.807, 2.05) is 45.8 Å². The summed E-state index contributed by atoms with van der Waals surface area (Å²) in [5, 5.41) is 3.63. The largest absolute Gasteiger partial charge is 0.376 e. The number of anilines is 1. The number of carbonyl (C=O) groups excluding carboxylic acids is 2. The normalized spacial score (nSPS) is 18.2. The SMILES string of the molecule is CC.CC(C)C(C)CC1CCN(C)C(=O)C1.CCCC1(Nc2cc(-c3cccc(CC)c3)cnc2C(=O)C(C)C)COC1. The highest BCUT2D eigenvalue weighted by molar-refractivity contribution is 6.01. The molecule has 1 amide bonds. The molecule has 2 atom stereocenters. The summed E-state index contributed by atoms with van der Waals surface area (Å²) < 4.78 is 5.49. The molecule has 240 valence electrons. The molecule has 2 saturated heterocycles. The number of rotatable bonds is 11. The van der Waals surface area contributed by atoms with Gasteiger partial charge in [-0.05, 0) is 60.6 Å². The monoisotopic (exact) mass is 593 g/mol. The maximum absolute atomic E-state index is 12.7. The van der Waals surface area contributed by atoms with Gasteiger partial charge in [0.2, 0.25) is 5.91 Å². The fourth-order valence-electron chi connectivity index (χ4n) is 5.56. The predicted molar refractivity (Wildman–Crippen MR) is 181 cm³/mol. The smallest absolute Gasteiger partial charge is 0.222 e. The molecule has 0 radical (unpaired) electrons. The number of nitrogens with zero attached hydrogens (tertiary/aromatic N) is 2. The van der Waals surface area contributed by atoms with E-state index in [2.05, 4.69) is 75.3 Å². The quantitative estimate of drug-likeness (QED) is 0.264. The van der Waals surface area contributed by atoms with Gasteiger partial charge in [-0.2, -0.15) is 0 Å². The summed E-state index contributed by atoms with van der Waals surface area (Å²) in [5.41, 5.74) is 4.71. The molecule has 1 aromatic carbocycles. The molecule has 4 rings (SSSR count). The molecule has 6 heteroatoms. The van der Waals surface area contributed by atoms with Gasteiger partial charge in [0.25, 0.3) is 0 Å². The maximum Gasteiger partial charge on any atom is 0.222 e. The topological polar surface area (TPSA) is 71.5 Å². The van der Waals surface area contributed by atoms with Crippen molar-refractivity contribution in [1.82, 2.24) is 9.88 Å². The molecule has 0 bridgehead atoms. The number of likely N-dealkylation sites (tertiary alicyclic amines) is 1. The minimum absolute atomic E-state index is 0.0678. The van der Waals surface area contributed by atoms with E-state index in [1.165, 1.54) is 18.4 Å². The minimum atomic E-state index is -0.0909. The molecule has 0 saturated carbocycles. The van der Waals surface area contributed by atoms with Gasteiger partial charge in [-0.15, -0.1) is 0 Å². The summed E-state index contributed by atoms with van der Waals surface area (Å²) in [5.74, 6) is 2.43. The van der Waals surface area contributed by atoms with Crippen LogP contribution in [0.25, 0.3) is 11.1 Å². The number of aromatic nitrogens is 1. The van der Waals surface area contributed by atoms with E-state index >= 15 is 0 Å². The Bertz CT molecular complexity index is 1160. The van der Waals surface area contributed by atoms with Gasteiger partial charge in [0, 0.05) is 37.7 Å². The first-order chi connectivity index (χ1) is 20.5. The average molecular weight is 594 g/mol. The van der Waals surface area contributed by atoms with Gasteiger partial charge in [0.05, 0.1) is 24.4 Å². The third kappa shape index (κ3) is 10.4. The van der Waals surface area contributed by atoms with Gasteiger partial charge in [-0.25, -0.2) is 0 Å². The summed E-state index contributed by atoms with van der Waals surface area (Å²) in [6.45, 7) is 21.3. The molecule has 2 fully saturated rings. The Morgan fingerprint density at radius 2 is 1.79 bits per heavy atom. The number of carbonyl (C=O) groups is 2. The van der Waals surface area contributed by atoms with Crippen molar-refractivity contribution in [3.8, 4) is 11.1 Å². The number of nitrogens with one attached hydrogen (secondary N) is 1. The lowest BCUT2D eigenvalue weighted by atomic mass is 9.83. The summed E-state index contributed by atoms with van der Waals surface area (Å²) in [7, 11) is 1.91. The van der Waals surface area contributed by atoms with Crippen molar-refractivity contribution in [3.05, 3.63) is 47.8 Å². The van der Waals surface area contributed by atoms with Gasteiger partial charge in [0.15, 0.2) is 5.78 Å². The molecule has 3 heterocycles. The summed E-state index contributed by atoms with van der Waals surface area (Å²) in [4.78, 5) is 30.7. The second-order valence-corrected chi connectivity index (χ2v) is 13.0. The third-order valence-electron chi connectivity index (χ3n) is 8.80. The van der Waals surface area contributed by atoms with Crippen LogP contribution in [0.15, 0.2) is 36.5 Å². The van der Waals surface area contributed by atoms with E-state index in [-0.39, 0.29) is 17.2 Å². The number of ketones is 1. The van der Waals surface area contributed by atoms with Crippen LogP contribution in [0, 0.1) is 23.7 Å². The van der Waals surface area contributed by atoms with Crippen LogP contribution in [-0.4, -0.2) is 53.9 Å². The standard InChI is InChI=1S/C23H30N2O2.C12H23NO.C2H6/c1-5-10-23(14-27-15-23)25-20-12-19(13-24-21(20)22(26)16(3)4)18-9-7-8-17(6-2)11-18;1-9(2)10(3)7-11-5-6-13(4)12(14)8-11;1-2/h7-9,11-13,16,25H,5-6,10,14-15H2,1-4H3;9-11H,5-8H2,1-4H3;1-2H3. The van der Waals surface area contributed by atoms with Crippen molar-refractivity contribution in [3.63, 3.8) is 0 Å². The van der Waals surface area contributed by atoms with Crippen LogP contribution in [0.3, 0.4) is 0 Å². The third-order valence-corrected chi connectivity index (χ3v) is 8.80. The number of pyridine rings is 1. The summed E-state index contributed by atoms with van der Waals surface area (Å²) in [6.07, 6.45) is 8.07. The Kier molecular flexibility index (Phi) is 14.9. The molecule has 2 aromatic rings. The average Bonchev–Trinajstić information content (AvgIpc) is 2.98. The molecule has 0 aliphatic carbocycles. The Balaban J connectivity index is 0.000000340. The lowest BCUT2D eigenvalue weighted by Crippen LogP contribution is -2.56. The number of amides is 1. The second kappa shape index (κ2) is 17.5. The Labute approximate surface area is 262 Å². The predicted octanol–water partition coefficient (Wildman–Crippen LogP) is 8.69. The van der Waals surface area contributed by atoms with Crippen LogP contribution in [0.1, 0.15) is 110 Å². The lowest BCUT2D eigenvalue weighted by molar-refractivity contribution is -0.133. The number of Topliss-reactive ketones (excluding diaryl/α,β-unsaturated/α-hetero) is 1. The van der Waals surface area contributed by atoms with E-state index in [9.17, 15) is 9.59 Å². The summed E-state index contributed by atoms with van der Waals surface area (Å²) in [6, 6.07) is 10.6. The molecule has 43 heavy (non-hydrogen) atoms. The molecule has 2 aliphatic rings. The van der Waals surface area contributed by atoms with E-state index in [4.69, 9.17) is 4.74 Å². The van der Waals surface area contributed by atoms with E-state index < -0.39 is 0 Å². The van der Waals surface area contributed by atoms with Crippen LogP contribution >= 0.6 is 0 Å². The van der Waals surface area contributed by atoms with Crippen molar-refractivity contribution in [1.29, 1.82) is 0 Å². The molecule has 6 nitrogen and oxygen atoms in total. The zero-order chi connectivity index (χ0) is 32.2. The van der Waals surface area contributed by atoms with Crippen molar-refractivity contribution in [2.24, 2.45) is 23.7 Å². The molecule has 1 aromatic heterocycles. The summed E-state index contributed by atoms with van der Waals surface area (Å²) >= 11 is 0. The van der Waals surface area contributed by atoms with E-state index in [1.54, 1.807) is 0 Å². The lowest BCUT2D eigenvalue weighted by Gasteiger charge is -2.43. The number of benzene rings is 1. The Morgan fingerprint density at radius 3 is 2.33 bits per heavy atom. The number of aryl methyl sites for hydroxylation is 1. The van der Waals surface area contributed by atoms with Gasteiger partial charge >= 0.3 is 0 Å². The van der Waals surface area contributed by atoms with Gasteiger partial charge in [0.1, 0.15) is 5.69 Å². The van der Waals surface area contributed by atoms with Crippen LogP contribution in [-0.2, 0) is 16.0 Å². The maximum atomic E-state index is 12.7. The van der Waals surface area contributed by atoms with Gasteiger partial charge in [-0.3, -0.25) is 14.6 Å². The van der Waals surface area contributed by atoms with E-state index in [0.717, 1.165) is 60.9 Å². The fourth-order valence-corrected chi connectivity index (χ4v) is 5.56. The molecular formula is C37H59N3O3. The highest BCUT2D eigenvalue weighted by Crippen LogP contribution is 2.33. The first-order valence-electron chi connectivity index (χ1n) is 16.7. The van der Waals surface area contributed by atoms with Crippen molar-refractivity contribution in [2.45, 2.75) is 106 Å². The minimum Gasteiger partial charge on any atom is -0.376 e. The van der Waals surface area contributed by atoms with E-state index in [0.29, 0.717) is 30.7 Å². The van der Waals surface area contributed by atoms with Gasteiger partial charge in [-0.1, -0.05) is 93.0 Å². The van der Waals surface area contributed by atoms with Crippen LogP contribution < -0.4 is 5.32 Å². The van der Waals surface area contributed by atoms with Gasteiger partial charge < -0.3 is 15.0 Å². The second-order valence-electron chi connectivity index (χ2n) is 13.0. The zero-order valence-electron chi connectivity index (χ0n) is 28.8. The fraction of sp³-hybridized carbons (Fsp3) is 0.649. The number of ether oxygens (including phenoxy) is 1. The number of hydrogen-bond acceptors (Lipinski definition) is 5. The van der Waals surface area contributed by atoms with Crippen molar-refractivity contribution in [2.75, 3.05) is 32.1 Å². The molecule has 2 aliphatic heterocycles. The first-order valence-corrected chi connectivity index (χ1v) is 16.7. The number of piperidine rings is 1. The Morgan fingerprint density at radius 1 is 1.09 bits per heavy atom. The van der Waals surface area contributed by atoms with Crippen molar-refractivity contribution < 1.29 is 14.3 Å².